The zero-order valence-corrected chi connectivity index (χ0v) is 13.7. The maximum atomic E-state index is 11.8. The summed E-state index contributed by atoms with van der Waals surface area (Å²) in [6.45, 7) is 0. The topological polar surface area (TPSA) is 76.2 Å². The molecule has 1 aromatic carbocycles. The molecule has 0 amide bonds. The first-order valence-corrected chi connectivity index (χ1v) is 8.89. The third-order valence-corrected chi connectivity index (χ3v) is 6.60. The minimum absolute atomic E-state index is 0.0208. The molecule has 4 heteroatoms. The lowest BCUT2D eigenvalue weighted by Crippen LogP contribution is -2.61. The normalized spacial score (nSPS) is 37.0. The first-order chi connectivity index (χ1) is 11.5. The van der Waals surface area contributed by atoms with Gasteiger partial charge in [0.25, 0.3) is 0 Å². The number of pyridine rings is 1. The Morgan fingerprint density at radius 2 is 1.88 bits per heavy atom. The van der Waals surface area contributed by atoms with Crippen LogP contribution >= 0.6 is 0 Å². The van der Waals surface area contributed by atoms with Crippen molar-refractivity contribution in [2.45, 2.75) is 49.5 Å². The number of aromatic nitrogens is 1. The Morgan fingerprint density at radius 1 is 1.17 bits per heavy atom. The maximum absolute atomic E-state index is 11.8. The molecule has 2 unspecified atom stereocenters. The number of carboxylic acid groups (broad SMARTS) is 1. The number of para-hydroxylation sites is 1. The van der Waals surface area contributed by atoms with Crippen molar-refractivity contribution in [3.05, 3.63) is 41.6 Å². The van der Waals surface area contributed by atoms with Crippen molar-refractivity contribution in [1.29, 1.82) is 0 Å². The van der Waals surface area contributed by atoms with Crippen LogP contribution in [0.25, 0.3) is 10.9 Å². The van der Waals surface area contributed by atoms with Crippen molar-refractivity contribution in [3.63, 3.8) is 0 Å². The number of carboxylic acids is 1. The van der Waals surface area contributed by atoms with Crippen LogP contribution in [0.4, 0.5) is 0 Å². The van der Waals surface area contributed by atoms with Gasteiger partial charge in [-0.1, -0.05) is 18.2 Å². The van der Waals surface area contributed by atoms with Crippen LogP contribution in [0.2, 0.25) is 0 Å². The summed E-state index contributed by atoms with van der Waals surface area (Å²) in [5.74, 6) is 0.484. The summed E-state index contributed by atoms with van der Waals surface area (Å²) in [5.41, 5.74) is 8.74. The number of carbonyl (C=O) groups is 1. The summed E-state index contributed by atoms with van der Waals surface area (Å²) in [6, 6.07) is 9.40. The number of hydrogen-bond acceptors (Lipinski definition) is 3. The van der Waals surface area contributed by atoms with Gasteiger partial charge in [-0.05, 0) is 62.5 Å². The number of hydrogen-bond donors (Lipinski definition) is 2. The SMILES string of the molecule is NC12CC3CC(C1)CC(c1cc(C(=O)O)c4ccccc4n1)(C3)C2. The van der Waals surface area contributed by atoms with Gasteiger partial charge in [-0.3, -0.25) is 4.98 Å². The standard InChI is InChI=1S/C20H22N2O2/c21-20-9-12-5-13(10-20)8-19(7-12,11-20)17-6-15(18(23)24)14-3-1-2-4-16(14)22-17/h1-4,6,12-13H,5,7-11,21H2,(H,23,24). The van der Waals surface area contributed by atoms with Crippen molar-refractivity contribution in [3.8, 4) is 0 Å². The van der Waals surface area contributed by atoms with E-state index in [1.165, 1.54) is 6.42 Å². The highest BCUT2D eigenvalue weighted by molar-refractivity contribution is 6.02. The van der Waals surface area contributed by atoms with Gasteiger partial charge >= 0.3 is 5.97 Å². The number of nitrogens with zero attached hydrogens (tertiary/aromatic N) is 1. The Hall–Kier alpha value is -1.94. The highest BCUT2D eigenvalue weighted by atomic mass is 16.4. The van der Waals surface area contributed by atoms with Crippen LogP contribution < -0.4 is 5.73 Å². The van der Waals surface area contributed by atoms with Crippen molar-refractivity contribution in [2.75, 3.05) is 0 Å². The Morgan fingerprint density at radius 3 is 2.54 bits per heavy atom. The second-order valence-corrected chi connectivity index (χ2v) is 8.48. The molecular weight excluding hydrogens is 300 g/mol. The molecule has 3 N–H and O–H groups in total. The molecule has 0 radical (unpaired) electrons. The first kappa shape index (κ1) is 14.4. The summed E-state index contributed by atoms with van der Waals surface area (Å²) in [5, 5.41) is 10.4. The maximum Gasteiger partial charge on any atom is 0.336 e. The van der Waals surface area contributed by atoms with Gasteiger partial charge in [0.2, 0.25) is 0 Å². The molecule has 4 saturated carbocycles. The Kier molecular flexibility index (Phi) is 2.74. The first-order valence-electron chi connectivity index (χ1n) is 8.89. The average molecular weight is 322 g/mol. The van der Waals surface area contributed by atoms with Crippen molar-refractivity contribution in [2.24, 2.45) is 17.6 Å². The fraction of sp³-hybridized carbons (Fsp3) is 0.500. The molecule has 4 fully saturated rings. The Labute approximate surface area is 141 Å². The molecule has 2 aromatic rings. The Balaban J connectivity index is 1.71. The quantitative estimate of drug-likeness (QED) is 0.887. The van der Waals surface area contributed by atoms with Crippen molar-refractivity contribution >= 4 is 16.9 Å². The van der Waals surface area contributed by atoms with Crippen LogP contribution in [0, 0.1) is 11.8 Å². The minimum atomic E-state index is -0.873. The monoisotopic (exact) mass is 322 g/mol. The van der Waals surface area contributed by atoms with Crippen molar-refractivity contribution < 1.29 is 9.90 Å². The average Bonchev–Trinajstić information content (AvgIpc) is 2.51. The number of nitrogens with two attached hydrogens (primary N) is 1. The van der Waals surface area contributed by atoms with Crippen LogP contribution in [0.15, 0.2) is 30.3 Å². The molecule has 0 spiro atoms. The third kappa shape index (κ3) is 1.95. The van der Waals surface area contributed by atoms with E-state index in [1.807, 2.05) is 30.3 Å². The molecule has 0 aliphatic heterocycles. The second kappa shape index (κ2) is 4.57. The molecular formula is C20H22N2O2. The van der Waals surface area contributed by atoms with Gasteiger partial charge in [0.1, 0.15) is 0 Å². The van der Waals surface area contributed by atoms with Crippen LogP contribution in [0.5, 0.6) is 0 Å². The van der Waals surface area contributed by atoms with E-state index in [1.54, 1.807) is 0 Å². The molecule has 4 aliphatic carbocycles. The summed E-state index contributed by atoms with van der Waals surface area (Å²) in [7, 11) is 0. The molecule has 124 valence electrons. The molecule has 0 saturated heterocycles. The summed E-state index contributed by atoms with van der Waals surface area (Å²) in [4.78, 5) is 16.7. The van der Waals surface area contributed by atoms with Gasteiger partial charge in [-0.25, -0.2) is 4.79 Å². The van der Waals surface area contributed by atoms with Gasteiger partial charge in [0.15, 0.2) is 0 Å². The molecule has 4 aliphatic rings. The zero-order valence-electron chi connectivity index (χ0n) is 13.7. The molecule has 1 aromatic heterocycles. The van der Waals surface area contributed by atoms with E-state index in [0.717, 1.165) is 48.7 Å². The molecule has 1 heterocycles. The van der Waals surface area contributed by atoms with Crippen LogP contribution in [-0.4, -0.2) is 21.6 Å². The molecule has 2 atom stereocenters. The lowest BCUT2D eigenvalue weighted by molar-refractivity contribution is -0.0244. The lowest BCUT2D eigenvalue weighted by Gasteiger charge is -2.60. The molecule has 4 nitrogen and oxygen atoms in total. The molecule has 24 heavy (non-hydrogen) atoms. The van der Waals surface area contributed by atoms with Gasteiger partial charge in [0, 0.05) is 22.0 Å². The van der Waals surface area contributed by atoms with Gasteiger partial charge in [-0.2, -0.15) is 0 Å². The van der Waals surface area contributed by atoms with Crippen molar-refractivity contribution in [1.82, 2.24) is 4.98 Å². The summed E-state index contributed by atoms with van der Waals surface area (Å²) < 4.78 is 0. The number of fused-ring (bicyclic) bond motifs is 1. The van der Waals surface area contributed by atoms with Crippen LogP contribution in [0.3, 0.4) is 0 Å². The smallest absolute Gasteiger partial charge is 0.336 e. The summed E-state index contributed by atoms with van der Waals surface area (Å²) in [6.07, 6.45) is 6.74. The minimum Gasteiger partial charge on any atom is -0.478 e. The van der Waals surface area contributed by atoms with Gasteiger partial charge in [0.05, 0.1) is 11.1 Å². The van der Waals surface area contributed by atoms with Gasteiger partial charge in [-0.15, -0.1) is 0 Å². The largest absolute Gasteiger partial charge is 0.478 e. The fourth-order valence-electron chi connectivity index (χ4n) is 6.26. The highest BCUT2D eigenvalue weighted by Gasteiger charge is 2.57. The van der Waals surface area contributed by atoms with Crippen LogP contribution in [-0.2, 0) is 5.41 Å². The fourth-order valence-corrected chi connectivity index (χ4v) is 6.26. The second-order valence-electron chi connectivity index (χ2n) is 8.48. The Bertz CT molecular complexity index is 846. The zero-order chi connectivity index (χ0) is 16.5. The van der Waals surface area contributed by atoms with E-state index in [-0.39, 0.29) is 11.0 Å². The van der Waals surface area contributed by atoms with Crippen LogP contribution in [0.1, 0.15) is 54.6 Å². The van der Waals surface area contributed by atoms with E-state index in [0.29, 0.717) is 17.4 Å². The van der Waals surface area contributed by atoms with E-state index in [4.69, 9.17) is 10.7 Å². The predicted octanol–water partition coefficient (Wildman–Crippen LogP) is 3.48. The van der Waals surface area contributed by atoms with E-state index >= 15 is 0 Å². The third-order valence-electron chi connectivity index (χ3n) is 6.60. The lowest BCUT2D eigenvalue weighted by atomic mass is 9.46. The number of aromatic carboxylic acids is 1. The van der Waals surface area contributed by atoms with E-state index < -0.39 is 5.97 Å². The number of rotatable bonds is 2. The molecule has 6 rings (SSSR count). The number of benzene rings is 1. The van der Waals surface area contributed by atoms with Gasteiger partial charge < -0.3 is 10.8 Å². The summed E-state index contributed by atoms with van der Waals surface area (Å²) >= 11 is 0. The molecule has 4 bridgehead atoms. The predicted molar refractivity (Wildman–Crippen MR) is 92.0 cm³/mol. The van der Waals surface area contributed by atoms with E-state index in [2.05, 4.69) is 0 Å². The highest BCUT2D eigenvalue weighted by Crippen LogP contribution is 2.61. The van der Waals surface area contributed by atoms with E-state index in [9.17, 15) is 9.90 Å².